The second-order valence-electron chi connectivity index (χ2n) is 6.15. The molecule has 116 valence electrons. The number of benzene rings is 1. The molecule has 1 spiro atoms. The van der Waals surface area contributed by atoms with Gasteiger partial charge in [0.1, 0.15) is 0 Å². The Kier molecular flexibility index (Phi) is 3.86. The Bertz CT molecular complexity index is 477. The Labute approximate surface area is 122 Å². The largest absolute Gasteiger partial charge is 0.416 e. The van der Waals surface area contributed by atoms with Crippen molar-refractivity contribution in [1.82, 2.24) is 0 Å². The van der Waals surface area contributed by atoms with E-state index in [9.17, 15) is 13.2 Å². The molecule has 2 fully saturated rings. The quantitative estimate of drug-likeness (QED) is 0.861. The van der Waals surface area contributed by atoms with Gasteiger partial charge in [-0.2, -0.15) is 13.2 Å². The van der Waals surface area contributed by atoms with Crippen LogP contribution in [0.5, 0.6) is 0 Å². The summed E-state index contributed by atoms with van der Waals surface area (Å²) in [6.07, 6.45) is 2.23. The summed E-state index contributed by atoms with van der Waals surface area (Å²) in [7, 11) is 0. The fourth-order valence-corrected chi connectivity index (χ4v) is 3.51. The third-order valence-electron chi connectivity index (χ3n) is 4.59. The third-order valence-corrected chi connectivity index (χ3v) is 4.59. The van der Waals surface area contributed by atoms with Crippen LogP contribution in [-0.4, -0.2) is 18.2 Å². The van der Waals surface area contributed by atoms with Crippen LogP contribution in [0.25, 0.3) is 0 Å². The van der Waals surface area contributed by atoms with Gasteiger partial charge in [0, 0.05) is 18.3 Å². The lowest BCUT2D eigenvalue weighted by Crippen LogP contribution is -2.42. The maximum absolute atomic E-state index is 12.5. The molecule has 0 bridgehead atoms. The molecule has 1 aromatic rings. The third kappa shape index (κ3) is 3.34. The Morgan fingerprint density at radius 3 is 2.38 bits per heavy atom. The molecule has 2 nitrogen and oxygen atoms in total. The predicted molar refractivity (Wildman–Crippen MR) is 75.2 cm³/mol. The van der Waals surface area contributed by atoms with E-state index in [1.165, 1.54) is 25.0 Å². The number of hydrogen-bond donors (Lipinski definition) is 1. The fraction of sp³-hybridized carbons (Fsp3) is 0.625. The van der Waals surface area contributed by atoms with Crippen LogP contribution in [0.15, 0.2) is 24.3 Å². The fourth-order valence-electron chi connectivity index (χ4n) is 3.51. The topological polar surface area (TPSA) is 21.3 Å². The van der Waals surface area contributed by atoms with Crippen LogP contribution >= 0.6 is 0 Å². The molecule has 0 aromatic heterocycles. The van der Waals surface area contributed by atoms with Crippen molar-refractivity contribution in [2.75, 3.05) is 11.9 Å². The smallest absolute Gasteiger partial charge is 0.382 e. The van der Waals surface area contributed by atoms with E-state index in [0.717, 1.165) is 50.1 Å². The molecule has 0 radical (unpaired) electrons. The highest BCUT2D eigenvalue weighted by atomic mass is 19.4. The van der Waals surface area contributed by atoms with Gasteiger partial charge in [0.05, 0.1) is 11.2 Å². The summed E-state index contributed by atoms with van der Waals surface area (Å²) >= 11 is 0. The molecule has 0 amide bonds. The minimum absolute atomic E-state index is 0.0157. The lowest BCUT2D eigenvalue weighted by molar-refractivity contribution is -0.137. The summed E-state index contributed by atoms with van der Waals surface area (Å²) < 4.78 is 43.6. The Morgan fingerprint density at radius 1 is 1.10 bits per heavy atom. The molecule has 2 aliphatic rings. The number of hydrogen-bond acceptors (Lipinski definition) is 2. The van der Waals surface area contributed by atoms with Gasteiger partial charge in [0.15, 0.2) is 0 Å². The number of nitrogens with one attached hydrogen (secondary N) is 1. The van der Waals surface area contributed by atoms with Crippen LogP contribution in [-0.2, 0) is 10.9 Å². The molecule has 1 heterocycles. The first-order valence-corrected chi connectivity index (χ1v) is 7.55. The van der Waals surface area contributed by atoms with Crippen molar-refractivity contribution >= 4 is 5.69 Å². The molecular weight excluding hydrogens is 279 g/mol. The van der Waals surface area contributed by atoms with Crippen LogP contribution < -0.4 is 5.32 Å². The van der Waals surface area contributed by atoms with Gasteiger partial charge in [-0.3, -0.25) is 0 Å². The monoisotopic (exact) mass is 299 g/mol. The lowest BCUT2D eigenvalue weighted by Gasteiger charge is -2.39. The average molecular weight is 299 g/mol. The molecule has 21 heavy (non-hydrogen) atoms. The zero-order valence-electron chi connectivity index (χ0n) is 11.9. The van der Waals surface area contributed by atoms with Crippen molar-refractivity contribution in [2.45, 2.75) is 56.3 Å². The predicted octanol–water partition coefficient (Wildman–Crippen LogP) is 4.61. The van der Waals surface area contributed by atoms with Crippen LogP contribution in [0, 0.1) is 0 Å². The van der Waals surface area contributed by atoms with Crippen molar-refractivity contribution in [2.24, 2.45) is 0 Å². The zero-order valence-corrected chi connectivity index (χ0v) is 11.9. The maximum atomic E-state index is 12.5. The van der Waals surface area contributed by atoms with E-state index < -0.39 is 11.7 Å². The van der Waals surface area contributed by atoms with Crippen molar-refractivity contribution in [1.29, 1.82) is 0 Å². The molecule has 1 saturated carbocycles. The molecule has 1 atom stereocenters. The molecule has 1 unspecified atom stereocenters. The number of rotatable bonds is 2. The molecule has 1 N–H and O–H groups in total. The minimum atomic E-state index is -4.27. The summed E-state index contributed by atoms with van der Waals surface area (Å²) in [6.45, 7) is 0.734. The van der Waals surface area contributed by atoms with Crippen molar-refractivity contribution in [3.05, 3.63) is 29.8 Å². The van der Waals surface area contributed by atoms with Crippen molar-refractivity contribution in [3.63, 3.8) is 0 Å². The highest BCUT2D eigenvalue weighted by molar-refractivity contribution is 5.46. The molecule has 3 rings (SSSR count). The Hall–Kier alpha value is -1.23. The van der Waals surface area contributed by atoms with Gasteiger partial charge in [-0.25, -0.2) is 0 Å². The summed E-state index contributed by atoms with van der Waals surface area (Å²) in [5.74, 6) is 0. The highest BCUT2D eigenvalue weighted by Gasteiger charge is 2.39. The van der Waals surface area contributed by atoms with E-state index in [-0.39, 0.29) is 11.6 Å². The maximum Gasteiger partial charge on any atom is 0.416 e. The summed E-state index contributed by atoms with van der Waals surface area (Å²) in [5, 5.41) is 3.36. The minimum Gasteiger partial charge on any atom is -0.382 e. The summed E-state index contributed by atoms with van der Waals surface area (Å²) in [4.78, 5) is 0. The summed E-state index contributed by atoms with van der Waals surface area (Å²) in [5.41, 5.74) is 0.164. The molecule has 1 aliphatic carbocycles. The van der Waals surface area contributed by atoms with Crippen molar-refractivity contribution < 1.29 is 17.9 Å². The lowest BCUT2D eigenvalue weighted by atomic mass is 9.89. The van der Waals surface area contributed by atoms with Crippen LogP contribution in [0.4, 0.5) is 18.9 Å². The molecule has 1 saturated heterocycles. The molecular formula is C16H20F3NO. The van der Waals surface area contributed by atoms with Gasteiger partial charge in [-0.05, 0) is 49.9 Å². The van der Waals surface area contributed by atoms with E-state index in [4.69, 9.17) is 4.74 Å². The first-order chi connectivity index (χ1) is 9.97. The zero-order chi connectivity index (χ0) is 14.9. The SMILES string of the molecule is FC(F)(F)c1ccc(NC2CCOC3(CCCC3)C2)cc1. The van der Waals surface area contributed by atoms with E-state index in [2.05, 4.69) is 5.32 Å². The highest BCUT2D eigenvalue weighted by Crippen LogP contribution is 2.40. The van der Waals surface area contributed by atoms with Gasteiger partial charge >= 0.3 is 6.18 Å². The van der Waals surface area contributed by atoms with Crippen LogP contribution in [0.1, 0.15) is 44.1 Å². The van der Waals surface area contributed by atoms with Crippen LogP contribution in [0.3, 0.4) is 0 Å². The average Bonchev–Trinajstić information content (AvgIpc) is 2.86. The van der Waals surface area contributed by atoms with Gasteiger partial charge in [-0.1, -0.05) is 12.8 Å². The number of anilines is 1. The second kappa shape index (κ2) is 5.52. The summed E-state index contributed by atoms with van der Waals surface area (Å²) in [6, 6.07) is 5.58. The Balaban J connectivity index is 1.63. The molecule has 5 heteroatoms. The van der Waals surface area contributed by atoms with Crippen LogP contribution in [0.2, 0.25) is 0 Å². The number of halogens is 3. The van der Waals surface area contributed by atoms with Crippen molar-refractivity contribution in [3.8, 4) is 0 Å². The van der Waals surface area contributed by atoms with Gasteiger partial charge in [0.25, 0.3) is 0 Å². The number of ether oxygens (including phenoxy) is 1. The van der Waals surface area contributed by atoms with E-state index in [0.29, 0.717) is 0 Å². The van der Waals surface area contributed by atoms with Gasteiger partial charge in [-0.15, -0.1) is 0 Å². The van der Waals surface area contributed by atoms with Gasteiger partial charge < -0.3 is 10.1 Å². The Morgan fingerprint density at radius 2 is 1.76 bits per heavy atom. The standard InChI is InChI=1S/C16H20F3NO/c17-16(18,19)12-3-5-13(6-4-12)20-14-7-10-21-15(11-14)8-1-2-9-15/h3-6,14,20H,1-2,7-11H2. The van der Waals surface area contributed by atoms with Gasteiger partial charge in [0.2, 0.25) is 0 Å². The number of alkyl halides is 3. The first kappa shape index (κ1) is 14.7. The van der Waals surface area contributed by atoms with E-state index in [1.807, 2.05) is 0 Å². The molecule has 1 aliphatic heterocycles. The van der Waals surface area contributed by atoms with E-state index in [1.54, 1.807) is 0 Å². The molecule has 1 aromatic carbocycles. The second-order valence-corrected chi connectivity index (χ2v) is 6.15. The normalized spacial score (nSPS) is 25.2. The van der Waals surface area contributed by atoms with E-state index >= 15 is 0 Å². The first-order valence-electron chi connectivity index (χ1n) is 7.55.